The van der Waals surface area contributed by atoms with E-state index in [9.17, 15) is 9.18 Å². The third-order valence-corrected chi connectivity index (χ3v) is 3.81. The van der Waals surface area contributed by atoms with Crippen molar-refractivity contribution in [3.8, 4) is 0 Å². The molecule has 1 fully saturated rings. The molecule has 0 heterocycles. The maximum atomic E-state index is 12.9. The van der Waals surface area contributed by atoms with Crippen LogP contribution in [0.25, 0.3) is 0 Å². The Hall–Kier alpha value is -1.42. The molecule has 0 bridgehead atoms. The van der Waals surface area contributed by atoms with E-state index in [-0.39, 0.29) is 29.6 Å². The van der Waals surface area contributed by atoms with E-state index >= 15 is 0 Å². The molecule has 1 aromatic rings. The molecular weight excluding hydrogens is 255 g/mol. The van der Waals surface area contributed by atoms with Crippen LogP contribution in [-0.4, -0.2) is 18.5 Å². The van der Waals surface area contributed by atoms with Crippen molar-refractivity contribution in [1.82, 2.24) is 5.32 Å². The molecule has 110 valence electrons. The van der Waals surface area contributed by atoms with E-state index in [4.69, 9.17) is 5.73 Å². The van der Waals surface area contributed by atoms with Gasteiger partial charge in [-0.3, -0.25) is 4.79 Å². The van der Waals surface area contributed by atoms with Crippen molar-refractivity contribution in [2.24, 2.45) is 17.6 Å². The average Bonchev–Trinajstić information content (AvgIpc) is 3.18. The van der Waals surface area contributed by atoms with Crippen LogP contribution in [0.15, 0.2) is 24.3 Å². The fourth-order valence-electron chi connectivity index (χ4n) is 2.65. The Morgan fingerprint density at radius 2 is 2.05 bits per heavy atom. The van der Waals surface area contributed by atoms with Crippen molar-refractivity contribution in [1.29, 1.82) is 0 Å². The highest BCUT2D eigenvalue weighted by Gasteiger charge is 2.44. The van der Waals surface area contributed by atoms with Crippen LogP contribution in [-0.2, 0) is 4.79 Å². The summed E-state index contributed by atoms with van der Waals surface area (Å²) in [6.45, 7) is 4.71. The molecule has 0 aromatic heterocycles. The molecule has 2 rings (SSSR count). The van der Waals surface area contributed by atoms with Gasteiger partial charge in [-0.2, -0.15) is 0 Å². The average molecular weight is 278 g/mol. The summed E-state index contributed by atoms with van der Waals surface area (Å²) in [7, 11) is 0. The van der Waals surface area contributed by atoms with E-state index in [2.05, 4.69) is 19.2 Å². The lowest BCUT2D eigenvalue weighted by Crippen LogP contribution is -2.41. The van der Waals surface area contributed by atoms with Gasteiger partial charge in [-0.25, -0.2) is 4.39 Å². The Bertz CT molecular complexity index is 458. The number of carbonyl (C=O) groups is 1. The Morgan fingerprint density at radius 3 is 2.60 bits per heavy atom. The Kier molecular flexibility index (Phi) is 4.76. The molecule has 1 amide bonds. The van der Waals surface area contributed by atoms with E-state index in [1.54, 1.807) is 12.1 Å². The number of amides is 1. The van der Waals surface area contributed by atoms with Crippen LogP contribution < -0.4 is 11.1 Å². The lowest BCUT2D eigenvalue weighted by molar-refractivity contribution is -0.123. The molecule has 1 aliphatic rings. The molecule has 0 radical (unpaired) electrons. The topological polar surface area (TPSA) is 55.1 Å². The fraction of sp³-hybridized carbons (Fsp3) is 0.562. The Labute approximate surface area is 119 Å². The van der Waals surface area contributed by atoms with Crippen LogP contribution >= 0.6 is 0 Å². The van der Waals surface area contributed by atoms with Crippen LogP contribution in [0, 0.1) is 17.7 Å². The molecule has 0 aliphatic heterocycles. The molecule has 0 spiro atoms. The molecule has 20 heavy (non-hydrogen) atoms. The van der Waals surface area contributed by atoms with E-state index in [0.29, 0.717) is 12.5 Å². The first kappa shape index (κ1) is 15.0. The second-order valence-electron chi connectivity index (χ2n) is 6.07. The van der Waals surface area contributed by atoms with Crippen molar-refractivity contribution in [3.63, 3.8) is 0 Å². The van der Waals surface area contributed by atoms with E-state index in [0.717, 1.165) is 18.4 Å². The van der Waals surface area contributed by atoms with Crippen molar-refractivity contribution >= 4 is 5.91 Å². The van der Waals surface area contributed by atoms with E-state index in [1.165, 1.54) is 12.1 Å². The minimum Gasteiger partial charge on any atom is -0.352 e. The van der Waals surface area contributed by atoms with Crippen molar-refractivity contribution in [2.75, 3.05) is 6.54 Å². The Morgan fingerprint density at radius 1 is 1.40 bits per heavy atom. The minimum absolute atomic E-state index is 0.0154. The third-order valence-electron chi connectivity index (χ3n) is 3.81. The summed E-state index contributed by atoms with van der Waals surface area (Å²) in [5.41, 5.74) is 6.74. The number of rotatable bonds is 6. The first-order chi connectivity index (χ1) is 9.51. The number of hydrogen-bond donors (Lipinski definition) is 2. The quantitative estimate of drug-likeness (QED) is 0.839. The first-order valence-electron chi connectivity index (χ1n) is 7.27. The molecule has 3 N–H and O–H groups in total. The normalized spacial score (nSPS) is 22.6. The van der Waals surface area contributed by atoms with Crippen LogP contribution in [0.3, 0.4) is 0 Å². The van der Waals surface area contributed by atoms with Gasteiger partial charge in [0.25, 0.3) is 0 Å². The molecule has 1 aliphatic carbocycles. The largest absolute Gasteiger partial charge is 0.352 e. The number of carbonyl (C=O) groups excluding carboxylic acids is 1. The van der Waals surface area contributed by atoms with Crippen molar-refractivity contribution in [2.45, 2.75) is 38.6 Å². The van der Waals surface area contributed by atoms with Crippen molar-refractivity contribution < 1.29 is 9.18 Å². The zero-order chi connectivity index (χ0) is 14.7. The first-order valence-corrected chi connectivity index (χ1v) is 7.27. The molecule has 3 nitrogen and oxygen atoms in total. The van der Waals surface area contributed by atoms with Crippen LogP contribution in [0.5, 0.6) is 0 Å². The second kappa shape index (κ2) is 6.35. The number of nitrogens with two attached hydrogens (primary N) is 1. The van der Waals surface area contributed by atoms with Gasteiger partial charge in [0.05, 0.1) is 0 Å². The van der Waals surface area contributed by atoms with Gasteiger partial charge in [0.15, 0.2) is 0 Å². The zero-order valence-electron chi connectivity index (χ0n) is 12.1. The predicted molar refractivity (Wildman–Crippen MR) is 77.7 cm³/mol. The summed E-state index contributed by atoms with van der Waals surface area (Å²) < 4.78 is 12.9. The summed E-state index contributed by atoms with van der Waals surface area (Å²) >= 11 is 0. The lowest BCUT2D eigenvalue weighted by Gasteiger charge is -2.18. The highest BCUT2D eigenvalue weighted by Crippen LogP contribution is 2.47. The minimum atomic E-state index is -0.240. The summed E-state index contributed by atoms with van der Waals surface area (Å²) in [6, 6.07) is 6.48. The smallest absolute Gasteiger partial charge is 0.224 e. The molecule has 0 saturated heterocycles. The monoisotopic (exact) mass is 278 g/mol. The number of halogens is 1. The predicted octanol–water partition coefficient (Wildman–Crippen LogP) is 2.42. The fourth-order valence-corrected chi connectivity index (χ4v) is 2.65. The summed E-state index contributed by atoms with van der Waals surface area (Å²) in [4.78, 5) is 12.2. The summed E-state index contributed by atoms with van der Waals surface area (Å²) in [5.74, 6) is 0.594. The van der Waals surface area contributed by atoms with Crippen LogP contribution in [0.4, 0.5) is 4.39 Å². The van der Waals surface area contributed by atoms with Gasteiger partial charge in [0.1, 0.15) is 5.82 Å². The molecule has 3 unspecified atom stereocenters. The maximum Gasteiger partial charge on any atom is 0.224 e. The van der Waals surface area contributed by atoms with Gasteiger partial charge in [-0.15, -0.1) is 0 Å². The molecule has 1 aromatic carbocycles. The number of nitrogens with one attached hydrogen (secondary N) is 1. The van der Waals surface area contributed by atoms with Gasteiger partial charge >= 0.3 is 0 Å². The SMILES string of the molecule is CC(C)CC(CN)NC(=O)C1CC1c1ccc(F)cc1. The van der Waals surface area contributed by atoms with Crippen LogP contribution in [0.1, 0.15) is 38.2 Å². The maximum absolute atomic E-state index is 12.9. The second-order valence-corrected chi connectivity index (χ2v) is 6.07. The van der Waals surface area contributed by atoms with Crippen molar-refractivity contribution in [3.05, 3.63) is 35.6 Å². The molecule has 3 atom stereocenters. The number of hydrogen-bond acceptors (Lipinski definition) is 2. The molecule has 1 saturated carbocycles. The zero-order valence-corrected chi connectivity index (χ0v) is 12.1. The summed E-state index contributed by atoms with van der Waals surface area (Å²) in [6.07, 6.45) is 1.74. The highest BCUT2D eigenvalue weighted by atomic mass is 19.1. The molecule has 4 heteroatoms. The van der Waals surface area contributed by atoms with Gasteiger partial charge in [0, 0.05) is 18.5 Å². The number of benzene rings is 1. The lowest BCUT2D eigenvalue weighted by atomic mass is 10.0. The summed E-state index contributed by atoms with van der Waals surface area (Å²) in [5, 5.41) is 3.03. The van der Waals surface area contributed by atoms with Gasteiger partial charge < -0.3 is 11.1 Å². The highest BCUT2D eigenvalue weighted by molar-refractivity contribution is 5.83. The van der Waals surface area contributed by atoms with Crippen LogP contribution in [0.2, 0.25) is 0 Å². The van der Waals surface area contributed by atoms with Gasteiger partial charge in [-0.05, 0) is 42.4 Å². The van der Waals surface area contributed by atoms with E-state index in [1.807, 2.05) is 0 Å². The standard InChI is InChI=1S/C16H23FN2O/c1-10(2)7-13(9-18)19-16(20)15-8-14(15)11-3-5-12(17)6-4-11/h3-6,10,13-15H,7-9,18H2,1-2H3,(H,19,20). The third kappa shape index (κ3) is 3.79. The Balaban J connectivity index is 1.87. The molecular formula is C16H23FN2O. The van der Waals surface area contributed by atoms with Gasteiger partial charge in [-0.1, -0.05) is 26.0 Å². The van der Waals surface area contributed by atoms with Gasteiger partial charge in [0.2, 0.25) is 5.91 Å². The van der Waals surface area contributed by atoms with E-state index < -0.39 is 0 Å².